The monoisotopic (exact) mass is 244 g/mol. The summed E-state index contributed by atoms with van der Waals surface area (Å²) < 4.78 is 0. The Morgan fingerprint density at radius 1 is 1.33 bits per heavy atom. The smallest absolute Gasteiger partial charge is 0.243 e. The SMILES string of the molecule is C=C(CNC(=O)/C=C/CN(C)C)c1ccccc1. The van der Waals surface area contributed by atoms with Crippen LogP contribution in [0.25, 0.3) is 5.57 Å². The first-order valence-corrected chi connectivity index (χ1v) is 5.92. The lowest BCUT2D eigenvalue weighted by atomic mass is 10.1. The van der Waals surface area contributed by atoms with E-state index in [0.717, 1.165) is 17.7 Å². The van der Waals surface area contributed by atoms with Gasteiger partial charge in [0.25, 0.3) is 0 Å². The van der Waals surface area contributed by atoms with Crippen molar-refractivity contribution in [1.29, 1.82) is 0 Å². The summed E-state index contributed by atoms with van der Waals surface area (Å²) in [7, 11) is 3.92. The molecule has 96 valence electrons. The Morgan fingerprint density at radius 2 is 2.00 bits per heavy atom. The summed E-state index contributed by atoms with van der Waals surface area (Å²) in [5.74, 6) is -0.0890. The van der Waals surface area contributed by atoms with Crippen molar-refractivity contribution in [1.82, 2.24) is 10.2 Å². The van der Waals surface area contributed by atoms with Gasteiger partial charge in [0.15, 0.2) is 0 Å². The Hall–Kier alpha value is -1.87. The average Bonchev–Trinajstić information content (AvgIpc) is 2.36. The van der Waals surface area contributed by atoms with Crippen LogP contribution in [0.3, 0.4) is 0 Å². The van der Waals surface area contributed by atoms with Crippen molar-refractivity contribution < 1.29 is 4.79 Å². The fraction of sp³-hybridized carbons (Fsp3) is 0.267. The molecule has 0 saturated carbocycles. The Labute approximate surface area is 109 Å². The van der Waals surface area contributed by atoms with E-state index in [9.17, 15) is 4.79 Å². The van der Waals surface area contributed by atoms with E-state index < -0.39 is 0 Å². The van der Waals surface area contributed by atoms with Crippen LogP contribution in [-0.4, -0.2) is 38.0 Å². The minimum atomic E-state index is -0.0890. The van der Waals surface area contributed by atoms with Gasteiger partial charge in [-0.3, -0.25) is 4.79 Å². The Morgan fingerprint density at radius 3 is 2.61 bits per heavy atom. The molecular weight excluding hydrogens is 224 g/mol. The number of carbonyl (C=O) groups excluding carboxylic acids is 1. The second-order valence-electron chi connectivity index (χ2n) is 4.35. The molecule has 1 amide bonds. The van der Waals surface area contributed by atoms with Crippen molar-refractivity contribution in [3.8, 4) is 0 Å². The third kappa shape index (κ3) is 5.46. The molecule has 3 heteroatoms. The Balaban J connectivity index is 2.35. The molecule has 0 fully saturated rings. The summed E-state index contributed by atoms with van der Waals surface area (Å²) in [6.07, 6.45) is 3.39. The zero-order valence-corrected chi connectivity index (χ0v) is 11.0. The van der Waals surface area contributed by atoms with Crippen LogP contribution < -0.4 is 5.32 Å². The molecule has 0 bridgehead atoms. The minimum Gasteiger partial charge on any atom is -0.348 e. The average molecular weight is 244 g/mol. The molecule has 0 saturated heterocycles. The topological polar surface area (TPSA) is 32.3 Å². The lowest BCUT2D eigenvalue weighted by Crippen LogP contribution is -2.23. The third-order valence-corrected chi connectivity index (χ3v) is 2.40. The highest BCUT2D eigenvalue weighted by Gasteiger charge is 1.99. The molecule has 1 aromatic carbocycles. The Bertz CT molecular complexity index is 421. The van der Waals surface area contributed by atoms with Gasteiger partial charge in [0, 0.05) is 19.2 Å². The molecule has 0 aliphatic rings. The lowest BCUT2D eigenvalue weighted by molar-refractivity contribution is -0.116. The van der Waals surface area contributed by atoms with E-state index in [4.69, 9.17) is 0 Å². The van der Waals surface area contributed by atoms with Crippen LogP contribution in [0, 0.1) is 0 Å². The molecule has 0 heterocycles. The van der Waals surface area contributed by atoms with Gasteiger partial charge in [-0.15, -0.1) is 0 Å². The summed E-state index contributed by atoms with van der Waals surface area (Å²) in [6, 6.07) is 9.84. The highest BCUT2D eigenvalue weighted by molar-refractivity contribution is 5.88. The molecule has 0 atom stereocenters. The number of hydrogen-bond acceptors (Lipinski definition) is 2. The van der Waals surface area contributed by atoms with Crippen LogP contribution >= 0.6 is 0 Å². The summed E-state index contributed by atoms with van der Waals surface area (Å²) >= 11 is 0. The molecular formula is C15H20N2O. The molecule has 0 aliphatic heterocycles. The lowest BCUT2D eigenvalue weighted by Gasteiger charge is -2.07. The maximum Gasteiger partial charge on any atom is 0.243 e. The predicted molar refractivity (Wildman–Crippen MR) is 76.2 cm³/mol. The molecule has 1 rings (SSSR count). The maximum absolute atomic E-state index is 11.5. The second kappa shape index (κ2) is 7.45. The first kappa shape index (κ1) is 14.2. The van der Waals surface area contributed by atoms with Gasteiger partial charge in [-0.25, -0.2) is 0 Å². The highest BCUT2D eigenvalue weighted by Crippen LogP contribution is 2.09. The zero-order valence-electron chi connectivity index (χ0n) is 11.0. The van der Waals surface area contributed by atoms with Crippen LogP contribution in [0.5, 0.6) is 0 Å². The molecule has 3 nitrogen and oxygen atoms in total. The standard InChI is InChI=1S/C15H20N2O/c1-13(14-8-5-4-6-9-14)12-16-15(18)10-7-11-17(2)3/h4-10H,1,11-12H2,2-3H3,(H,16,18)/b10-7+. The molecule has 18 heavy (non-hydrogen) atoms. The highest BCUT2D eigenvalue weighted by atomic mass is 16.1. The van der Waals surface area contributed by atoms with Crippen molar-refractivity contribution in [2.75, 3.05) is 27.2 Å². The molecule has 1 N–H and O–H groups in total. The molecule has 1 aromatic rings. The van der Waals surface area contributed by atoms with Gasteiger partial charge in [0.05, 0.1) is 0 Å². The number of hydrogen-bond donors (Lipinski definition) is 1. The van der Waals surface area contributed by atoms with E-state index in [1.54, 1.807) is 6.08 Å². The van der Waals surface area contributed by atoms with Crippen molar-refractivity contribution in [3.05, 3.63) is 54.6 Å². The number of likely N-dealkylation sites (N-methyl/N-ethyl adjacent to an activating group) is 1. The van der Waals surface area contributed by atoms with Gasteiger partial charge >= 0.3 is 0 Å². The third-order valence-electron chi connectivity index (χ3n) is 2.40. The first-order valence-electron chi connectivity index (χ1n) is 5.92. The molecule has 0 aliphatic carbocycles. The van der Waals surface area contributed by atoms with Crippen LogP contribution in [-0.2, 0) is 4.79 Å². The van der Waals surface area contributed by atoms with Gasteiger partial charge in [0.2, 0.25) is 5.91 Å². The summed E-state index contributed by atoms with van der Waals surface area (Å²) in [4.78, 5) is 13.5. The first-order chi connectivity index (χ1) is 8.59. The van der Waals surface area contributed by atoms with Crippen LogP contribution in [0.2, 0.25) is 0 Å². The largest absolute Gasteiger partial charge is 0.348 e. The van der Waals surface area contributed by atoms with Crippen molar-refractivity contribution in [3.63, 3.8) is 0 Å². The second-order valence-corrected chi connectivity index (χ2v) is 4.35. The number of benzene rings is 1. The molecule has 0 unspecified atom stereocenters. The van der Waals surface area contributed by atoms with E-state index in [0.29, 0.717) is 6.54 Å². The molecule has 0 aromatic heterocycles. The van der Waals surface area contributed by atoms with E-state index in [-0.39, 0.29) is 5.91 Å². The van der Waals surface area contributed by atoms with E-state index in [1.807, 2.05) is 55.4 Å². The molecule has 0 spiro atoms. The van der Waals surface area contributed by atoms with Crippen LogP contribution in [0.15, 0.2) is 49.1 Å². The summed E-state index contributed by atoms with van der Waals surface area (Å²) in [5, 5.41) is 2.81. The predicted octanol–water partition coefficient (Wildman–Crippen LogP) is 1.93. The minimum absolute atomic E-state index is 0.0890. The van der Waals surface area contributed by atoms with E-state index in [2.05, 4.69) is 11.9 Å². The van der Waals surface area contributed by atoms with Crippen molar-refractivity contribution in [2.45, 2.75) is 0 Å². The van der Waals surface area contributed by atoms with Gasteiger partial charge in [-0.2, -0.15) is 0 Å². The maximum atomic E-state index is 11.5. The molecule has 0 radical (unpaired) electrons. The fourth-order valence-electron chi connectivity index (χ4n) is 1.40. The van der Waals surface area contributed by atoms with Crippen molar-refractivity contribution >= 4 is 11.5 Å². The summed E-state index contributed by atoms with van der Waals surface area (Å²) in [6.45, 7) is 5.18. The number of nitrogens with zero attached hydrogens (tertiary/aromatic N) is 1. The normalized spacial score (nSPS) is 10.8. The van der Waals surface area contributed by atoms with Gasteiger partial charge in [-0.1, -0.05) is 43.0 Å². The number of carbonyl (C=O) groups is 1. The Kier molecular flexibility index (Phi) is 5.88. The number of nitrogens with one attached hydrogen (secondary N) is 1. The quantitative estimate of drug-likeness (QED) is 0.776. The van der Waals surface area contributed by atoms with E-state index in [1.165, 1.54) is 0 Å². The number of rotatable bonds is 6. The van der Waals surface area contributed by atoms with Crippen LogP contribution in [0.4, 0.5) is 0 Å². The van der Waals surface area contributed by atoms with Gasteiger partial charge in [-0.05, 0) is 25.2 Å². The van der Waals surface area contributed by atoms with Crippen molar-refractivity contribution in [2.24, 2.45) is 0 Å². The fourth-order valence-corrected chi connectivity index (χ4v) is 1.40. The number of amides is 1. The zero-order chi connectivity index (χ0) is 13.4. The van der Waals surface area contributed by atoms with E-state index >= 15 is 0 Å². The summed E-state index contributed by atoms with van der Waals surface area (Å²) in [5.41, 5.74) is 1.96. The van der Waals surface area contributed by atoms with Gasteiger partial charge < -0.3 is 10.2 Å². The van der Waals surface area contributed by atoms with Gasteiger partial charge in [0.1, 0.15) is 0 Å². The van der Waals surface area contributed by atoms with Crippen LogP contribution in [0.1, 0.15) is 5.56 Å².